The van der Waals surface area contributed by atoms with Gasteiger partial charge in [-0.15, -0.1) is 0 Å². The van der Waals surface area contributed by atoms with Crippen LogP contribution in [0.3, 0.4) is 0 Å². The van der Waals surface area contributed by atoms with Crippen molar-refractivity contribution in [1.82, 2.24) is 0 Å². The lowest BCUT2D eigenvalue weighted by Gasteiger charge is -2.22. The topological polar surface area (TPSA) is 44.8 Å². The number of hydrogen-bond acceptors (Lipinski definition) is 4. The minimum absolute atomic E-state index is 0.309. The van der Waals surface area contributed by atoms with Crippen LogP contribution < -0.4 is 0 Å². The summed E-state index contributed by atoms with van der Waals surface area (Å²) < 4.78 is 17.0. The van der Waals surface area contributed by atoms with Gasteiger partial charge in [0.25, 0.3) is 0 Å². The van der Waals surface area contributed by atoms with Gasteiger partial charge in [0, 0.05) is 6.42 Å². The average Bonchev–Trinajstić information content (AvgIpc) is 2.89. The molecule has 0 aromatic heterocycles. The van der Waals surface area contributed by atoms with E-state index in [0.29, 0.717) is 26.2 Å². The Morgan fingerprint density at radius 2 is 1.58 bits per heavy atom. The van der Waals surface area contributed by atoms with Gasteiger partial charge in [-0.1, -0.05) is 60.7 Å². The molecule has 1 aliphatic heterocycles. The number of ether oxygens (including phenoxy) is 3. The summed E-state index contributed by atoms with van der Waals surface area (Å²) in [5.74, 6) is -0.309. The molecule has 0 amide bonds. The number of esters is 1. The molecule has 2 aromatic carbocycles. The van der Waals surface area contributed by atoms with E-state index in [4.69, 9.17) is 14.2 Å². The number of hydrogen-bond donors (Lipinski definition) is 0. The monoisotopic (exact) mass is 326 g/mol. The molecule has 1 aliphatic rings. The van der Waals surface area contributed by atoms with Crippen molar-refractivity contribution in [1.29, 1.82) is 0 Å². The van der Waals surface area contributed by atoms with E-state index in [1.54, 1.807) is 0 Å². The van der Waals surface area contributed by atoms with Gasteiger partial charge in [-0.3, -0.25) is 0 Å². The molecule has 24 heavy (non-hydrogen) atoms. The third kappa shape index (κ3) is 4.43. The third-order valence-corrected chi connectivity index (χ3v) is 4.04. The molecule has 1 heterocycles. The fourth-order valence-electron chi connectivity index (χ4n) is 2.77. The summed E-state index contributed by atoms with van der Waals surface area (Å²) in [6.45, 7) is 3.16. The highest BCUT2D eigenvalue weighted by Crippen LogP contribution is 2.29. The fourth-order valence-corrected chi connectivity index (χ4v) is 2.77. The third-order valence-electron chi connectivity index (χ3n) is 4.04. The number of benzene rings is 2. The van der Waals surface area contributed by atoms with Gasteiger partial charge in [-0.25, -0.2) is 4.79 Å². The number of rotatable bonds is 7. The van der Waals surface area contributed by atoms with E-state index in [9.17, 15) is 4.79 Å². The summed E-state index contributed by atoms with van der Waals surface area (Å²) in [7, 11) is 0. The lowest BCUT2D eigenvalue weighted by molar-refractivity contribution is -0.157. The van der Waals surface area contributed by atoms with Gasteiger partial charge in [0.1, 0.15) is 5.60 Å². The molecular formula is C20H22O4. The second kappa shape index (κ2) is 7.60. The zero-order valence-electron chi connectivity index (χ0n) is 13.8. The number of carbonyl (C=O) groups excluding carboxylic acids is 1. The Bertz CT molecular complexity index is 656. The quantitative estimate of drug-likeness (QED) is 0.731. The SMILES string of the molecule is CC1(COCc2ccccc2)CC(OCc2ccccc2)C(=O)O1. The van der Waals surface area contributed by atoms with E-state index in [1.165, 1.54) is 0 Å². The Balaban J connectivity index is 1.47. The maximum absolute atomic E-state index is 12.0. The minimum Gasteiger partial charge on any atom is -0.455 e. The molecular weight excluding hydrogens is 304 g/mol. The van der Waals surface area contributed by atoms with E-state index in [1.807, 2.05) is 67.6 Å². The average molecular weight is 326 g/mol. The van der Waals surface area contributed by atoms with Crippen LogP contribution in [-0.2, 0) is 32.2 Å². The highest BCUT2D eigenvalue weighted by atomic mass is 16.6. The van der Waals surface area contributed by atoms with Gasteiger partial charge < -0.3 is 14.2 Å². The van der Waals surface area contributed by atoms with Crippen molar-refractivity contribution in [2.24, 2.45) is 0 Å². The molecule has 0 aliphatic carbocycles. The molecule has 2 atom stereocenters. The van der Waals surface area contributed by atoms with E-state index in [2.05, 4.69) is 0 Å². The fraction of sp³-hybridized carbons (Fsp3) is 0.350. The lowest BCUT2D eigenvalue weighted by Crippen LogP contribution is -2.30. The van der Waals surface area contributed by atoms with Gasteiger partial charge in [-0.2, -0.15) is 0 Å². The van der Waals surface area contributed by atoms with Gasteiger partial charge in [0.15, 0.2) is 6.10 Å². The first-order chi connectivity index (χ1) is 11.6. The maximum Gasteiger partial charge on any atom is 0.336 e. The van der Waals surface area contributed by atoms with Gasteiger partial charge in [0.05, 0.1) is 19.8 Å². The molecule has 0 bridgehead atoms. The number of carbonyl (C=O) groups is 1. The van der Waals surface area contributed by atoms with Crippen molar-refractivity contribution in [2.45, 2.75) is 38.3 Å². The standard InChI is InChI=1S/C20H22O4/c1-20(15-22-13-16-8-4-2-5-9-16)12-18(19(21)24-20)23-14-17-10-6-3-7-11-17/h2-11,18H,12-15H2,1H3. The summed E-state index contributed by atoms with van der Waals surface area (Å²) in [5, 5.41) is 0. The predicted octanol–water partition coefficient (Wildman–Crippen LogP) is 3.49. The minimum atomic E-state index is -0.632. The van der Waals surface area contributed by atoms with Crippen LogP contribution in [-0.4, -0.2) is 24.3 Å². The van der Waals surface area contributed by atoms with Crippen LogP contribution in [0.1, 0.15) is 24.5 Å². The van der Waals surface area contributed by atoms with Crippen molar-refractivity contribution < 1.29 is 19.0 Å². The Morgan fingerprint density at radius 3 is 2.21 bits per heavy atom. The first-order valence-corrected chi connectivity index (χ1v) is 8.15. The van der Waals surface area contributed by atoms with Gasteiger partial charge in [-0.05, 0) is 18.1 Å². The Hall–Kier alpha value is -2.17. The predicted molar refractivity (Wildman–Crippen MR) is 90.2 cm³/mol. The molecule has 0 saturated carbocycles. The molecule has 4 nitrogen and oxygen atoms in total. The molecule has 0 spiro atoms. The lowest BCUT2D eigenvalue weighted by atomic mass is 10.0. The normalized spacial score (nSPS) is 23.2. The molecule has 0 radical (unpaired) electrons. The smallest absolute Gasteiger partial charge is 0.336 e. The maximum atomic E-state index is 12.0. The first kappa shape index (κ1) is 16.7. The highest BCUT2D eigenvalue weighted by molar-refractivity contribution is 5.77. The molecule has 126 valence electrons. The van der Waals surface area contributed by atoms with Crippen molar-refractivity contribution in [3.8, 4) is 0 Å². The zero-order chi connectivity index (χ0) is 16.8. The van der Waals surface area contributed by atoms with Crippen LogP contribution in [0.2, 0.25) is 0 Å². The van der Waals surface area contributed by atoms with Gasteiger partial charge >= 0.3 is 5.97 Å². The summed E-state index contributed by atoms with van der Waals surface area (Å²) in [6, 6.07) is 19.7. The summed E-state index contributed by atoms with van der Waals surface area (Å²) in [5.41, 5.74) is 1.51. The second-order valence-corrected chi connectivity index (χ2v) is 6.34. The molecule has 3 rings (SSSR count). The highest BCUT2D eigenvalue weighted by Gasteiger charge is 2.44. The summed E-state index contributed by atoms with van der Waals surface area (Å²) in [4.78, 5) is 12.0. The van der Waals surface area contributed by atoms with Crippen molar-refractivity contribution in [2.75, 3.05) is 6.61 Å². The van der Waals surface area contributed by atoms with Crippen LogP contribution in [0.25, 0.3) is 0 Å². The Morgan fingerprint density at radius 1 is 1.00 bits per heavy atom. The molecule has 1 fully saturated rings. The van der Waals surface area contributed by atoms with Crippen LogP contribution in [0.15, 0.2) is 60.7 Å². The van der Waals surface area contributed by atoms with Crippen molar-refractivity contribution in [3.63, 3.8) is 0 Å². The van der Waals surface area contributed by atoms with Crippen molar-refractivity contribution >= 4 is 5.97 Å². The van der Waals surface area contributed by atoms with Crippen LogP contribution in [0.5, 0.6) is 0 Å². The molecule has 1 saturated heterocycles. The molecule has 2 unspecified atom stereocenters. The summed E-state index contributed by atoms with van der Waals surface area (Å²) >= 11 is 0. The Labute approximate surface area is 142 Å². The second-order valence-electron chi connectivity index (χ2n) is 6.34. The van der Waals surface area contributed by atoms with E-state index < -0.39 is 11.7 Å². The van der Waals surface area contributed by atoms with Gasteiger partial charge in [0.2, 0.25) is 0 Å². The largest absolute Gasteiger partial charge is 0.455 e. The number of cyclic esters (lactones) is 1. The molecule has 2 aromatic rings. The van der Waals surface area contributed by atoms with Crippen LogP contribution in [0.4, 0.5) is 0 Å². The molecule has 4 heteroatoms. The molecule has 0 N–H and O–H groups in total. The van der Waals surface area contributed by atoms with E-state index >= 15 is 0 Å². The summed E-state index contributed by atoms with van der Waals surface area (Å²) in [6.07, 6.45) is -0.0245. The van der Waals surface area contributed by atoms with Crippen molar-refractivity contribution in [3.05, 3.63) is 71.8 Å². The van der Waals surface area contributed by atoms with Crippen LogP contribution in [0, 0.1) is 0 Å². The Kier molecular flexibility index (Phi) is 5.28. The van der Waals surface area contributed by atoms with E-state index in [0.717, 1.165) is 11.1 Å². The van der Waals surface area contributed by atoms with E-state index in [-0.39, 0.29) is 5.97 Å². The first-order valence-electron chi connectivity index (χ1n) is 8.15. The van der Waals surface area contributed by atoms with Crippen LogP contribution >= 0.6 is 0 Å². The zero-order valence-corrected chi connectivity index (χ0v) is 13.8.